The molecule has 4 aromatic rings. The van der Waals surface area contributed by atoms with Crippen molar-refractivity contribution < 1.29 is 28.8 Å². The van der Waals surface area contributed by atoms with Crippen LogP contribution in [0.15, 0.2) is 60.9 Å². The van der Waals surface area contributed by atoms with Crippen molar-refractivity contribution >= 4 is 58.1 Å². The lowest BCUT2D eigenvalue weighted by molar-refractivity contribution is -0.126. The van der Waals surface area contributed by atoms with Crippen LogP contribution in [0, 0.1) is 53.4 Å². The van der Waals surface area contributed by atoms with Crippen LogP contribution >= 0.6 is 23.2 Å². The second-order valence-corrected chi connectivity index (χ2v) is 15.7. The zero-order valence-corrected chi connectivity index (χ0v) is 33.9. The molecule has 2 aromatic carbocycles. The van der Waals surface area contributed by atoms with Crippen molar-refractivity contribution in [2.45, 2.75) is 79.1 Å². The van der Waals surface area contributed by atoms with Gasteiger partial charge in [0.05, 0.1) is 5.56 Å². The quantitative estimate of drug-likeness (QED) is 0.124. The lowest BCUT2D eigenvalue weighted by atomic mass is 9.86. The molecule has 2 heterocycles. The lowest BCUT2D eigenvalue weighted by Gasteiger charge is -2.16. The maximum Gasteiger partial charge on any atom is 0.269 e. The fourth-order valence-corrected chi connectivity index (χ4v) is 8.32. The summed E-state index contributed by atoms with van der Waals surface area (Å²) in [5, 5.41) is 6.28. The number of aryl methyl sites for hydroxylation is 6. The molecule has 0 radical (unpaired) electrons. The monoisotopic (exact) mass is 796 g/mol. The molecule has 2 N–H and O–H groups in total. The third-order valence-corrected chi connectivity index (χ3v) is 10.9. The molecule has 2 fully saturated rings. The molecule has 12 heteroatoms. The predicted octanol–water partition coefficient (Wildman–Crippen LogP) is 7.44. The number of ketones is 4. The van der Waals surface area contributed by atoms with E-state index in [1.165, 1.54) is 18.5 Å². The summed E-state index contributed by atoms with van der Waals surface area (Å²) < 4.78 is 0. The molecule has 2 aliphatic rings. The number of amides is 2. The van der Waals surface area contributed by atoms with Gasteiger partial charge >= 0.3 is 0 Å². The number of nitrogens with zero attached hydrogens (tertiary/aromatic N) is 2. The molecule has 4 atom stereocenters. The third kappa shape index (κ3) is 9.84. The summed E-state index contributed by atoms with van der Waals surface area (Å²) in [5.41, 5.74) is 8.47. The fourth-order valence-electron chi connectivity index (χ4n) is 8.05. The maximum absolute atomic E-state index is 12.9. The van der Waals surface area contributed by atoms with E-state index in [0.717, 1.165) is 44.5 Å². The smallest absolute Gasteiger partial charge is 0.269 e. The van der Waals surface area contributed by atoms with Crippen LogP contribution in [0.5, 0.6) is 0 Å². The Kier molecular flexibility index (Phi) is 13.7. The number of aromatic nitrogens is 2. The Morgan fingerprint density at radius 2 is 1.11 bits per heavy atom. The molecule has 0 saturated heterocycles. The molecule has 2 aromatic heterocycles. The maximum atomic E-state index is 12.9. The van der Waals surface area contributed by atoms with Gasteiger partial charge < -0.3 is 10.6 Å². The van der Waals surface area contributed by atoms with Gasteiger partial charge in [-0.1, -0.05) is 58.6 Å². The molecule has 10 nitrogen and oxygen atoms in total. The number of hydrogen-bond acceptors (Lipinski definition) is 8. The number of benzene rings is 2. The molecule has 2 aliphatic carbocycles. The van der Waals surface area contributed by atoms with Crippen molar-refractivity contribution in [3.63, 3.8) is 0 Å². The minimum Gasteiger partial charge on any atom is -0.352 e. The summed E-state index contributed by atoms with van der Waals surface area (Å²) in [6, 6.07) is 14.3. The van der Waals surface area contributed by atoms with Gasteiger partial charge in [0, 0.05) is 55.2 Å². The van der Waals surface area contributed by atoms with E-state index in [2.05, 4.69) is 20.6 Å². The molecule has 292 valence electrons. The van der Waals surface area contributed by atoms with Crippen molar-refractivity contribution in [1.82, 2.24) is 20.6 Å². The summed E-state index contributed by atoms with van der Waals surface area (Å²) in [5.74, 6) is -2.86. The largest absolute Gasteiger partial charge is 0.352 e. The third-order valence-electron chi connectivity index (χ3n) is 10.5. The van der Waals surface area contributed by atoms with Crippen LogP contribution in [-0.2, 0) is 19.2 Å². The van der Waals surface area contributed by atoms with Gasteiger partial charge in [-0.15, -0.1) is 0 Å². The van der Waals surface area contributed by atoms with Crippen LogP contribution in [0.3, 0.4) is 0 Å². The van der Waals surface area contributed by atoms with E-state index in [4.69, 9.17) is 23.2 Å². The fraction of sp³-hybridized carbons (Fsp3) is 0.364. The first-order chi connectivity index (χ1) is 26.5. The first-order valence-corrected chi connectivity index (χ1v) is 19.4. The molecule has 56 heavy (non-hydrogen) atoms. The molecule has 0 spiro atoms. The molecule has 0 aliphatic heterocycles. The van der Waals surface area contributed by atoms with E-state index in [-0.39, 0.29) is 65.3 Å². The normalized spacial score (nSPS) is 19.1. The minimum atomic E-state index is -0.684. The Morgan fingerprint density at radius 1 is 0.643 bits per heavy atom. The molecule has 2 amide bonds. The molecular weight excluding hydrogens is 751 g/mol. The Bertz CT molecular complexity index is 2160. The van der Waals surface area contributed by atoms with E-state index >= 15 is 0 Å². The van der Waals surface area contributed by atoms with Crippen LogP contribution in [-0.4, -0.2) is 58.0 Å². The summed E-state index contributed by atoms with van der Waals surface area (Å²) >= 11 is 11.6. The molecule has 0 bridgehead atoms. The Labute approximate surface area is 337 Å². The van der Waals surface area contributed by atoms with Crippen molar-refractivity contribution in [1.29, 1.82) is 0 Å². The Morgan fingerprint density at radius 3 is 1.54 bits per heavy atom. The topological polar surface area (TPSA) is 152 Å². The minimum absolute atomic E-state index is 0.0294. The zero-order valence-electron chi connectivity index (χ0n) is 32.4. The first kappa shape index (κ1) is 42.1. The summed E-state index contributed by atoms with van der Waals surface area (Å²) in [6.45, 7) is 12.4. The summed E-state index contributed by atoms with van der Waals surface area (Å²) in [6.07, 6.45) is 4.19. The zero-order chi connectivity index (χ0) is 40.8. The number of rotatable bonds is 10. The highest BCUT2D eigenvalue weighted by molar-refractivity contribution is 6.31. The predicted molar refractivity (Wildman–Crippen MR) is 215 cm³/mol. The SMILES string of the molecule is Cc1cc(C)c(C2C(=O)CC(CCNC(=O)c3cc(Cl)ccn3)C2=O)c(C)c1.Cc1cc(C)c(C2C(=O)CC(CCNC(=O)c3ccc(Cl)nc3)C2=O)c(C)c1. The van der Waals surface area contributed by atoms with Crippen LogP contribution in [0.4, 0.5) is 0 Å². The van der Waals surface area contributed by atoms with Crippen molar-refractivity contribution in [3.05, 3.63) is 127 Å². The number of nitrogens with one attached hydrogen (secondary N) is 2. The van der Waals surface area contributed by atoms with E-state index in [1.807, 2.05) is 65.8 Å². The van der Waals surface area contributed by atoms with Crippen LogP contribution in [0.1, 0.15) is 103 Å². The van der Waals surface area contributed by atoms with E-state index in [9.17, 15) is 28.8 Å². The number of Topliss-reactive ketones (excluding diaryl/α,β-unsaturated/α-hetero) is 4. The standard InChI is InChI=1S/2C22H23ClN2O3/c1-12-8-13(2)19(14(3)9-12)20-18(26)10-15(21(20)27)4-6-25-22(28)17-11-16(23)5-7-24-17;1-12-8-13(2)19(14(3)9-12)20-17(26)10-15(21(20)27)6-7-24-22(28)16-4-5-18(23)25-11-16/h5,7-9,11,15,20H,4,6,10H2,1-3H3,(H,25,28);4-5,8-9,11,15,20H,6-7,10H2,1-3H3,(H,24,28). The van der Waals surface area contributed by atoms with Crippen molar-refractivity contribution in [2.24, 2.45) is 11.8 Å². The van der Waals surface area contributed by atoms with Gasteiger partial charge in [0.25, 0.3) is 11.8 Å². The summed E-state index contributed by atoms with van der Waals surface area (Å²) in [7, 11) is 0. The van der Waals surface area contributed by atoms with Gasteiger partial charge in [-0.2, -0.15) is 0 Å². The molecule has 2 saturated carbocycles. The average molecular weight is 798 g/mol. The highest BCUT2D eigenvalue weighted by atomic mass is 35.5. The van der Waals surface area contributed by atoms with Gasteiger partial charge in [-0.25, -0.2) is 4.98 Å². The van der Waals surface area contributed by atoms with E-state index < -0.39 is 11.8 Å². The molecule has 4 unspecified atom stereocenters. The average Bonchev–Trinajstić information content (AvgIpc) is 3.56. The first-order valence-electron chi connectivity index (χ1n) is 18.6. The summed E-state index contributed by atoms with van der Waals surface area (Å²) in [4.78, 5) is 83.2. The van der Waals surface area contributed by atoms with Gasteiger partial charge in [0.15, 0.2) is 11.6 Å². The number of carbonyl (C=O) groups excluding carboxylic acids is 6. The Hall–Kier alpha value is -5.06. The highest BCUT2D eigenvalue weighted by Gasteiger charge is 2.44. The van der Waals surface area contributed by atoms with Crippen LogP contribution < -0.4 is 10.6 Å². The van der Waals surface area contributed by atoms with E-state index in [1.54, 1.807) is 18.2 Å². The van der Waals surface area contributed by atoms with Gasteiger partial charge in [-0.05, 0) is 112 Å². The Balaban J connectivity index is 0.000000214. The molecular formula is C44H46Cl2N4O6. The van der Waals surface area contributed by atoms with Crippen LogP contribution in [0.2, 0.25) is 10.2 Å². The second kappa shape index (κ2) is 18.3. The van der Waals surface area contributed by atoms with Crippen LogP contribution in [0.25, 0.3) is 0 Å². The number of hydrogen-bond donors (Lipinski definition) is 2. The second-order valence-electron chi connectivity index (χ2n) is 14.8. The number of halogens is 2. The lowest BCUT2D eigenvalue weighted by Crippen LogP contribution is -2.28. The van der Waals surface area contributed by atoms with E-state index in [0.29, 0.717) is 41.7 Å². The number of carbonyl (C=O) groups is 6. The van der Waals surface area contributed by atoms with Gasteiger partial charge in [0.2, 0.25) is 0 Å². The number of pyridine rings is 2. The van der Waals surface area contributed by atoms with Crippen molar-refractivity contribution in [3.8, 4) is 0 Å². The van der Waals surface area contributed by atoms with Gasteiger partial charge in [0.1, 0.15) is 34.2 Å². The molecule has 6 rings (SSSR count). The van der Waals surface area contributed by atoms with Gasteiger partial charge in [-0.3, -0.25) is 33.8 Å². The highest BCUT2D eigenvalue weighted by Crippen LogP contribution is 2.38. The van der Waals surface area contributed by atoms with Crippen molar-refractivity contribution in [2.75, 3.05) is 13.1 Å².